The lowest BCUT2D eigenvalue weighted by Gasteiger charge is -2.29. The Hall–Kier alpha value is -2.51. The van der Waals surface area contributed by atoms with E-state index in [1.165, 1.54) is 17.3 Å². The number of aryl methyl sites for hydroxylation is 1. The molecule has 2 aliphatic rings. The number of carbonyl (C=O) groups excluding carboxylic acids is 1. The summed E-state index contributed by atoms with van der Waals surface area (Å²) in [5.74, 6) is 0.322. The first-order chi connectivity index (χ1) is 15.6. The van der Waals surface area contributed by atoms with Gasteiger partial charge < -0.3 is 4.90 Å². The molecule has 164 valence electrons. The summed E-state index contributed by atoms with van der Waals surface area (Å²) in [6.07, 6.45) is 2.77. The summed E-state index contributed by atoms with van der Waals surface area (Å²) < 4.78 is 1.74. The second-order valence-electron chi connectivity index (χ2n) is 8.25. The Labute approximate surface area is 196 Å². The highest BCUT2D eigenvalue weighted by atomic mass is 32.2. The zero-order valence-electron chi connectivity index (χ0n) is 18.0. The van der Waals surface area contributed by atoms with E-state index in [2.05, 4.69) is 13.0 Å². The fraction of sp³-hybridized carbons (Fsp3) is 0.320. The maximum Gasteiger partial charge on any atom is 0.268 e. The van der Waals surface area contributed by atoms with Crippen LogP contribution in [0.1, 0.15) is 30.2 Å². The van der Waals surface area contributed by atoms with Gasteiger partial charge in [-0.1, -0.05) is 67.2 Å². The van der Waals surface area contributed by atoms with Gasteiger partial charge in [-0.05, 0) is 30.0 Å². The molecule has 0 bridgehead atoms. The molecule has 1 atom stereocenters. The van der Waals surface area contributed by atoms with Crippen molar-refractivity contribution in [2.45, 2.75) is 48.0 Å². The fourth-order valence-electron chi connectivity index (χ4n) is 4.34. The van der Waals surface area contributed by atoms with Gasteiger partial charge in [0.2, 0.25) is 5.91 Å². The molecule has 2 aliphatic heterocycles. The van der Waals surface area contributed by atoms with Crippen LogP contribution >= 0.6 is 23.5 Å². The topological polar surface area (TPSA) is 55.2 Å². The quantitative estimate of drug-likeness (QED) is 0.415. The van der Waals surface area contributed by atoms with Gasteiger partial charge in [-0.2, -0.15) is 0 Å². The summed E-state index contributed by atoms with van der Waals surface area (Å²) in [6, 6.07) is 18.1. The van der Waals surface area contributed by atoms with Crippen molar-refractivity contribution in [3.63, 3.8) is 0 Å². The maximum atomic E-state index is 13.3. The molecule has 0 N–H and O–H groups in total. The third kappa shape index (κ3) is 4.24. The van der Waals surface area contributed by atoms with E-state index < -0.39 is 0 Å². The Morgan fingerprint density at radius 2 is 1.94 bits per heavy atom. The number of rotatable bonds is 5. The molecule has 5 nitrogen and oxygen atoms in total. The number of thioether (sulfide) groups is 2. The molecule has 0 spiro atoms. The minimum Gasteiger partial charge on any atom is -0.311 e. The largest absolute Gasteiger partial charge is 0.311 e. The van der Waals surface area contributed by atoms with E-state index in [1.807, 2.05) is 53.4 Å². The molecule has 0 radical (unpaired) electrons. The van der Waals surface area contributed by atoms with Crippen LogP contribution in [-0.4, -0.2) is 33.0 Å². The molecule has 1 unspecified atom stereocenters. The van der Waals surface area contributed by atoms with Crippen molar-refractivity contribution in [3.05, 3.63) is 81.8 Å². The Kier molecular flexibility index (Phi) is 6.11. The van der Waals surface area contributed by atoms with Crippen molar-refractivity contribution in [1.82, 2.24) is 9.55 Å². The molecule has 0 fully saturated rings. The standard InChI is InChI=1S/C25H25N3O2S2/c1-17-14-20-23(32-17)24(30)28(15-18-8-3-2-4-9-18)25(26-20)31-16-22(29)27-13-7-11-19-10-5-6-12-21(19)27/h2-6,8-10,12,17H,7,11,13-16H2,1H3. The van der Waals surface area contributed by atoms with E-state index in [-0.39, 0.29) is 17.2 Å². The van der Waals surface area contributed by atoms with Crippen molar-refractivity contribution in [2.75, 3.05) is 17.2 Å². The van der Waals surface area contributed by atoms with Crippen LogP contribution in [0, 0.1) is 0 Å². The molecule has 0 saturated heterocycles. The van der Waals surface area contributed by atoms with Crippen LogP contribution in [0.15, 0.2) is 69.4 Å². The molecule has 1 amide bonds. The molecular weight excluding hydrogens is 438 g/mol. The number of para-hydroxylation sites is 1. The third-order valence-corrected chi connectivity index (χ3v) is 8.06. The van der Waals surface area contributed by atoms with Crippen LogP contribution in [0.3, 0.4) is 0 Å². The number of hydrogen-bond donors (Lipinski definition) is 0. The Morgan fingerprint density at radius 1 is 1.16 bits per heavy atom. The van der Waals surface area contributed by atoms with Gasteiger partial charge in [-0.25, -0.2) is 4.98 Å². The number of nitrogens with zero attached hydrogens (tertiary/aromatic N) is 3. The number of fused-ring (bicyclic) bond motifs is 2. The van der Waals surface area contributed by atoms with E-state index in [0.29, 0.717) is 17.0 Å². The normalized spacial score (nSPS) is 17.2. The Bertz CT molecular complexity index is 1210. The zero-order valence-corrected chi connectivity index (χ0v) is 19.6. The highest BCUT2D eigenvalue weighted by Crippen LogP contribution is 2.34. The Morgan fingerprint density at radius 3 is 2.78 bits per heavy atom. The predicted octanol–water partition coefficient (Wildman–Crippen LogP) is 4.40. The van der Waals surface area contributed by atoms with Gasteiger partial charge in [0.25, 0.3) is 5.56 Å². The SMILES string of the molecule is CC1Cc2nc(SCC(=O)N3CCCc4ccccc43)n(Cc3ccccc3)c(=O)c2S1. The molecule has 3 aromatic rings. The van der Waals surface area contributed by atoms with Crippen LogP contribution in [0.4, 0.5) is 5.69 Å². The monoisotopic (exact) mass is 463 g/mol. The third-order valence-electron chi connectivity index (χ3n) is 5.88. The summed E-state index contributed by atoms with van der Waals surface area (Å²) in [5.41, 5.74) is 4.16. The summed E-state index contributed by atoms with van der Waals surface area (Å²) in [6.45, 7) is 3.31. The number of aromatic nitrogens is 2. The van der Waals surface area contributed by atoms with Crippen LogP contribution in [-0.2, 0) is 24.2 Å². The smallest absolute Gasteiger partial charge is 0.268 e. The second kappa shape index (κ2) is 9.16. The highest BCUT2D eigenvalue weighted by Gasteiger charge is 2.27. The number of amides is 1. The highest BCUT2D eigenvalue weighted by molar-refractivity contribution is 8.00. The molecule has 7 heteroatoms. The van der Waals surface area contributed by atoms with Crippen LogP contribution in [0.5, 0.6) is 0 Å². The summed E-state index contributed by atoms with van der Waals surface area (Å²) >= 11 is 2.99. The lowest BCUT2D eigenvalue weighted by Crippen LogP contribution is -2.37. The molecule has 2 aromatic carbocycles. The predicted molar refractivity (Wildman–Crippen MR) is 131 cm³/mol. The fourth-order valence-corrected chi connectivity index (χ4v) is 6.35. The summed E-state index contributed by atoms with van der Waals surface area (Å²) in [7, 11) is 0. The van der Waals surface area contributed by atoms with Gasteiger partial charge in [0.15, 0.2) is 5.16 Å². The molecule has 32 heavy (non-hydrogen) atoms. The average Bonchev–Trinajstić information content (AvgIpc) is 3.20. The van der Waals surface area contributed by atoms with Crippen LogP contribution < -0.4 is 10.5 Å². The zero-order chi connectivity index (χ0) is 22.1. The minimum absolute atomic E-state index is 0.00599. The van der Waals surface area contributed by atoms with Crippen LogP contribution in [0.25, 0.3) is 0 Å². The van der Waals surface area contributed by atoms with Gasteiger partial charge >= 0.3 is 0 Å². The Balaban J connectivity index is 1.42. The molecule has 0 aliphatic carbocycles. The van der Waals surface area contributed by atoms with Gasteiger partial charge in [0.05, 0.1) is 22.9 Å². The number of benzene rings is 2. The average molecular weight is 464 g/mol. The minimum atomic E-state index is 0.00599. The lowest BCUT2D eigenvalue weighted by atomic mass is 10.0. The van der Waals surface area contributed by atoms with Crippen molar-refractivity contribution < 1.29 is 4.79 Å². The first-order valence-corrected chi connectivity index (χ1v) is 12.8. The molecule has 0 saturated carbocycles. The van der Waals surface area contributed by atoms with E-state index in [9.17, 15) is 9.59 Å². The summed E-state index contributed by atoms with van der Waals surface area (Å²) in [4.78, 5) is 34.0. The molecular formula is C25H25N3O2S2. The van der Waals surface area contributed by atoms with E-state index >= 15 is 0 Å². The molecule has 5 rings (SSSR count). The van der Waals surface area contributed by atoms with Crippen molar-refractivity contribution in [1.29, 1.82) is 0 Å². The summed E-state index contributed by atoms with van der Waals surface area (Å²) in [5, 5.41) is 0.980. The van der Waals surface area contributed by atoms with E-state index in [4.69, 9.17) is 4.98 Å². The van der Waals surface area contributed by atoms with Crippen molar-refractivity contribution in [2.24, 2.45) is 0 Å². The van der Waals surface area contributed by atoms with Gasteiger partial charge in [0.1, 0.15) is 0 Å². The first kappa shape index (κ1) is 21.3. The number of carbonyl (C=O) groups is 1. The van der Waals surface area contributed by atoms with Crippen molar-refractivity contribution in [3.8, 4) is 0 Å². The maximum absolute atomic E-state index is 13.3. The van der Waals surface area contributed by atoms with Crippen molar-refractivity contribution >= 4 is 35.1 Å². The lowest BCUT2D eigenvalue weighted by molar-refractivity contribution is -0.116. The number of anilines is 1. The second-order valence-corrected chi connectivity index (χ2v) is 10.6. The number of hydrogen-bond acceptors (Lipinski definition) is 5. The molecule has 3 heterocycles. The van der Waals surface area contributed by atoms with Gasteiger partial charge in [0, 0.05) is 23.9 Å². The van der Waals surface area contributed by atoms with Crippen LogP contribution in [0.2, 0.25) is 0 Å². The van der Waals surface area contributed by atoms with Gasteiger partial charge in [-0.15, -0.1) is 11.8 Å². The van der Waals surface area contributed by atoms with E-state index in [1.54, 1.807) is 16.3 Å². The van der Waals surface area contributed by atoms with E-state index in [0.717, 1.165) is 47.6 Å². The van der Waals surface area contributed by atoms with Gasteiger partial charge in [-0.3, -0.25) is 14.2 Å². The first-order valence-electron chi connectivity index (χ1n) is 11.0. The molecule has 1 aromatic heterocycles.